The lowest BCUT2D eigenvalue weighted by Gasteiger charge is -2.11. The molecular formula is C16H14NO4S-. The van der Waals surface area contributed by atoms with Gasteiger partial charge < -0.3 is 20.0 Å². The Kier molecular flexibility index (Phi) is 3.85. The number of aryl methyl sites for hydroxylation is 1. The van der Waals surface area contributed by atoms with E-state index in [0.717, 1.165) is 29.7 Å². The molecule has 6 heteroatoms. The lowest BCUT2D eigenvalue weighted by atomic mass is 10.1. The van der Waals surface area contributed by atoms with E-state index in [1.807, 2.05) is 0 Å². The Morgan fingerprint density at radius 1 is 1.27 bits per heavy atom. The van der Waals surface area contributed by atoms with Crippen LogP contribution in [0.4, 0.5) is 5.00 Å². The van der Waals surface area contributed by atoms with Crippen molar-refractivity contribution < 1.29 is 19.4 Å². The smallest absolute Gasteiger partial charge is 0.260 e. The molecule has 0 fully saturated rings. The molecule has 1 aliphatic carbocycles. The first-order chi connectivity index (χ1) is 10.6. The van der Waals surface area contributed by atoms with E-state index < -0.39 is 5.97 Å². The molecule has 1 N–H and O–H groups in total. The average Bonchev–Trinajstić information content (AvgIpc) is 3.06. The topological polar surface area (TPSA) is 78.5 Å². The van der Waals surface area contributed by atoms with Gasteiger partial charge in [-0.2, -0.15) is 0 Å². The number of hydrogen-bond donors (Lipinski definition) is 1. The molecule has 0 saturated carbocycles. The molecule has 3 rings (SSSR count). The van der Waals surface area contributed by atoms with Crippen molar-refractivity contribution in [2.75, 3.05) is 12.4 Å². The molecule has 0 atom stereocenters. The molecule has 114 valence electrons. The number of anilines is 1. The molecule has 0 aliphatic heterocycles. The molecule has 0 unspecified atom stereocenters. The highest BCUT2D eigenvalue weighted by Gasteiger charge is 2.24. The number of thiophene rings is 1. The highest BCUT2D eigenvalue weighted by molar-refractivity contribution is 7.17. The predicted octanol–water partition coefficient (Wildman–Crippen LogP) is 1.86. The van der Waals surface area contributed by atoms with Crippen molar-refractivity contribution in [3.05, 3.63) is 45.8 Å². The van der Waals surface area contributed by atoms with E-state index in [4.69, 9.17) is 4.74 Å². The Balaban J connectivity index is 1.94. The summed E-state index contributed by atoms with van der Waals surface area (Å²) in [6.45, 7) is 0. The van der Waals surface area contributed by atoms with Crippen LogP contribution in [0.5, 0.6) is 5.75 Å². The zero-order chi connectivity index (χ0) is 15.7. The van der Waals surface area contributed by atoms with Gasteiger partial charge in [-0.25, -0.2) is 0 Å². The van der Waals surface area contributed by atoms with Crippen molar-refractivity contribution in [2.45, 2.75) is 19.3 Å². The quantitative estimate of drug-likeness (QED) is 0.934. The molecule has 22 heavy (non-hydrogen) atoms. The summed E-state index contributed by atoms with van der Waals surface area (Å²) in [5.74, 6) is -1.19. The normalized spacial score (nSPS) is 12.8. The first kappa shape index (κ1) is 14.6. The second-order valence-electron chi connectivity index (χ2n) is 5.00. The number of rotatable bonds is 4. The minimum absolute atomic E-state index is 0.126. The number of ether oxygens (including phenoxy) is 1. The SMILES string of the molecule is COc1ccccc1C(=O)Nc1sc2c(c1C(=O)[O-])CCC2. The molecule has 1 heterocycles. The van der Waals surface area contributed by atoms with Crippen molar-refractivity contribution in [3.8, 4) is 5.75 Å². The van der Waals surface area contributed by atoms with Crippen LogP contribution in [0.1, 0.15) is 37.6 Å². The second kappa shape index (κ2) is 5.81. The minimum Gasteiger partial charge on any atom is -0.545 e. The number of nitrogens with one attached hydrogen (secondary N) is 1. The molecule has 1 aromatic heterocycles. The number of fused-ring (bicyclic) bond motifs is 1. The number of amides is 1. The zero-order valence-corrected chi connectivity index (χ0v) is 12.8. The standard InChI is InChI=1S/C16H15NO4S/c1-21-11-7-3-2-5-9(11)14(18)17-15-13(16(19)20)10-6-4-8-12(10)22-15/h2-3,5,7H,4,6,8H2,1H3,(H,17,18)(H,19,20)/p-1. The van der Waals surface area contributed by atoms with Gasteiger partial charge in [-0.15, -0.1) is 11.3 Å². The molecule has 0 radical (unpaired) electrons. The molecule has 1 amide bonds. The predicted molar refractivity (Wildman–Crippen MR) is 81.6 cm³/mol. The zero-order valence-electron chi connectivity index (χ0n) is 12.0. The Hall–Kier alpha value is -2.34. The Labute approximate surface area is 131 Å². The average molecular weight is 316 g/mol. The van der Waals surface area contributed by atoms with Gasteiger partial charge in [-0.3, -0.25) is 4.79 Å². The number of aromatic carboxylic acids is 1. The van der Waals surface area contributed by atoms with Crippen LogP contribution in [0.25, 0.3) is 0 Å². The third-order valence-electron chi connectivity index (χ3n) is 3.70. The number of hydrogen-bond acceptors (Lipinski definition) is 5. The largest absolute Gasteiger partial charge is 0.545 e. The van der Waals surface area contributed by atoms with Gasteiger partial charge in [0.05, 0.1) is 18.6 Å². The summed E-state index contributed by atoms with van der Waals surface area (Å²) in [6, 6.07) is 6.81. The van der Waals surface area contributed by atoms with Crippen LogP contribution < -0.4 is 15.2 Å². The maximum atomic E-state index is 12.4. The summed E-state index contributed by atoms with van der Waals surface area (Å²) < 4.78 is 5.16. The second-order valence-corrected chi connectivity index (χ2v) is 6.11. The van der Waals surface area contributed by atoms with Crippen LogP contribution >= 0.6 is 11.3 Å². The molecule has 1 aliphatic rings. The molecule has 1 aromatic carbocycles. The highest BCUT2D eigenvalue weighted by Crippen LogP contribution is 2.39. The van der Waals surface area contributed by atoms with Crippen LogP contribution in [0.2, 0.25) is 0 Å². The lowest BCUT2D eigenvalue weighted by molar-refractivity contribution is -0.254. The molecule has 0 spiro atoms. The Morgan fingerprint density at radius 3 is 2.77 bits per heavy atom. The maximum absolute atomic E-state index is 12.4. The van der Waals surface area contributed by atoms with Gasteiger partial charge in [-0.05, 0) is 37.0 Å². The summed E-state index contributed by atoms with van der Waals surface area (Å²) in [6.07, 6.45) is 2.52. The van der Waals surface area contributed by atoms with E-state index in [1.54, 1.807) is 24.3 Å². The van der Waals surface area contributed by atoms with Gasteiger partial charge in [-0.1, -0.05) is 12.1 Å². The third-order valence-corrected chi connectivity index (χ3v) is 4.91. The fraction of sp³-hybridized carbons (Fsp3) is 0.250. The summed E-state index contributed by atoms with van der Waals surface area (Å²) in [5.41, 5.74) is 1.30. The van der Waals surface area contributed by atoms with Crippen LogP contribution in [0, 0.1) is 0 Å². The number of benzene rings is 1. The van der Waals surface area contributed by atoms with Gasteiger partial charge in [0.1, 0.15) is 10.8 Å². The van der Waals surface area contributed by atoms with Gasteiger partial charge >= 0.3 is 0 Å². The number of para-hydroxylation sites is 1. The lowest BCUT2D eigenvalue weighted by Crippen LogP contribution is -2.25. The first-order valence-corrected chi connectivity index (χ1v) is 7.73. The molecule has 2 aromatic rings. The van der Waals surface area contributed by atoms with Crippen LogP contribution in [0.3, 0.4) is 0 Å². The highest BCUT2D eigenvalue weighted by atomic mass is 32.1. The van der Waals surface area contributed by atoms with E-state index in [0.29, 0.717) is 16.3 Å². The number of carboxylic acid groups (broad SMARTS) is 1. The number of methoxy groups -OCH3 is 1. The number of carbonyl (C=O) groups is 2. The van der Waals surface area contributed by atoms with E-state index >= 15 is 0 Å². The molecular weight excluding hydrogens is 302 g/mol. The van der Waals surface area contributed by atoms with E-state index in [2.05, 4.69) is 5.32 Å². The van der Waals surface area contributed by atoms with E-state index in [-0.39, 0.29) is 11.5 Å². The fourth-order valence-corrected chi connectivity index (χ4v) is 3.98. The first-order valence-electron chi connectivity index (χ1n) is 6.92. The summed E-state index contributed by atoms with van der Waals surface area (Å²) >= 11 is 1.32. The van der Waals surface area contributed by atoms with E-state index in [1.165, 1.54) is 18.4 Å². The van der Waals surface area contributed by atoms with Gasteiger partial charge in [0.15, 0.2) is 0 Å². The van der Waals surface area contributed by atoms with Crippen molar-refractivity contribution in [2.24, 2.45) is 0 Å². The summed E-state index contributed by atoms with van der Waals surface area (Å²) in [7, 11) is 1.48. The van der Waals surface area contributed by atoms with Gasteiger partial charge in [0, 0.05) is 10.4 Å². The summed E-state index contributed by atoms with van der Waals surface area (Å²) in [4.78, 5) is 24.8. The van der Waals surface area contributed by atoms with Crippen LogP contribution in [0.15, 0.2) is 24.3 Å². The molecule has 0 bridgehead atoms. The fourth-order valence-electron chi connectivity index (χ4n) is 2.71. The van der Waals surface area contributed by atoms with Crippen molar-refractivity contribution in [1.82, 2.24) is 0 Å². The van der Waals surface area contributed by atoms with E-state index in [9.17, 15) is 14.7 Å². The van der Waals surface area contributed by atoms with Gasteiger partial charge in [0.25, 0.3) is 5.91 Å². The Morgan fingerprint density at radius 2 is 2.05 bits per heavy atom. The number of carbonyl (C=O) groups excluding carboxylic acids is 2. The van der Waals surface area contributed by atoms with Crippen molar-refractivity contribution in [1.29, 1.82) is 0 Å². The molecule has 0 saturated heterocycles. The molecule has 5 nitrogen and oxygen atoms in total. The van der Waals surface area contributed by atoms with Crippen molar-refractivity contribution in [3.63, 3.8) is 0 Å². The van der Waals surface area contributed by atoms with Gasteiger partial charge in [0.2, 0.25) is 0 Å². The monoisotopic (exact) mass is 316 g/mol. The van der Waals surface area contributed by atoms with Crippen LogP contribution in [-0.4, -0.2) is 19.0 Å². The van der Waals surface area contributed by atoms with Crippen LogP contribution in [-0.2, 0) is 12.8 Å². The number of carboxylic acids is 1. The van der Waals surface area contributed by atoms with Crippen molar-refractivity contribution >= 4 is 28.2 Å². The Bertz CT molecular complexity index is 751. The minimum atomic E-state index is -1.24. The third kappa shape index (κ3) is 2.46. The summed E-state index contributed by atoms with van der Waals surface area (Å²) in [5, 5.41) is 14.4. The maximum Gasteiger partial charge on any atom is 0.260 e.